The Bertz CT molecular complexity index is 1110. The number of halogens is 1. The van der Waals surface area contributed by atoms with Gasteiger partial charge < -0.3 is 14.2 Å². The van der Waals surface area contributed by atoms with Crippen molar-refractivity contribution in [3.63, 3.8) is 0 Å². The van der Waals surface area contributed by atoms with Crippen molar-refractivity contribution >= 4 is 16.6 Å². The van der Waals surface area contributed by atoms with Crippen LogP contribution in [0.4, 0.5) is 10.1 Å². The number of aromatic nitrogens is 1. The Balaban J connectivity index is 1.95. The molecule has 1 aliphatic heterocycles. The van der Waals surface area contributed by atoms with Crippen LogP contribution < -0.4 is 10.3 Å². The lowest BCUT2D eigenvalue weighted by atomic mass is 10.0. The van der Waals surface area contributed by atoms with Crippen molar-refractivity contribution in [3.8, 4) is 6.07 Å². The van der Waals surface area contributed by atoms with Crippen LogP contribution in [0.5, 0.6) is 0 Å². The van der Waals surface area contributed by atoms with E-state index in [0.29, 0.717) is 37.5 Å². The van der Waals surface area contributed by atoms with Gasteiger partial charge in [0.25, 0.3) is 0 Å². The zero-order chi connectivity index (χ0) is 19.7. The van der Waals surface area contributed by atoms with Gasteiger partial charge in [-0.25, -0.2) is 4.39 Å². The summed E-state index contributed by atoms with van der Waals surface area (Å²) < 4.78 is 22.1. The SMILES string of the molecule is C[C@@H](c1ccccc1)n1cc(C#N)c(=O)c2cc(F)c(N3CCOCC3)cc21. The minimum absolute atomic E-state index is 0.00815. The van der Waals surface area contributed by atoms with Crippen molar-refractivity contribution in [2.45, 2.75) is 13.0 Å². The number of ether oxygens (including phenoxy) is 1. The topological polar surface area (TPSA) is 58.3 Å². The first-order valence-electron chi connectivity index (χ1n) is 9.26. The molecule has 2 aromatic carbocycles. The molecular formula is C22H20FN3O2. The Morgan fingerprint density at radius 2 is 1.89 bits per heavy atom. The molecule has 0 saturated carbocycles. The molecule has 0 bridgehead atoms. The molecule has 0 aliphatic carbocycles. The zero-order valence-electron chi connectivity index (χ0n) is 15.6. The second-order valence-electron chi connectivity index (χ2n) is 6.90. The van der Waals surface area contributed by atoms with Crippen molar-refractivity contribution in [1.29, 1.82) is 5.26 Å². The van der Waals surface area contributed by atoms with Gasteiger partial charge in [0.2, 0.25) is 5.43 Å². The molecule has 1 aromatic heterocycles. The van der Waals surface area contributed by atoms with Crippen molar-refractivity contribution in [3.05, 3.63) is 75.8 Å². The number of morpholine rings is 1. The monoisotopic (exact) mass is 377 g/mol. The molecule has 4 rings (SSSR count). The third-order valence-electron chi connectivity index (χ3n) is 5.27. The summed E-state index contributed by atoms with van der Waals surface area (Å²) in [7, 11) is 0. The molecule has 0 radical (unpaired) electrons. The molecule has 0 unspecified atom stereocenters. The Kier molecular flexibility index (Phi) is 4.84. The summed E-state index contributed by atoms with van der Waals surface area (Å²) in [6, 6.07) is 14.6. The van der Waals surface area contributed by atoms with E-state index in [-0.39, 0.29) is 17.0 Å². The molecule has 0 N–H and O–H groups in total. The zero-order valence-corrected chi connectivity index (χ0v) is 15.6. The fraction of sp³-hybridized carbons (Fsp3) is 0.273. The number of hydrogen-bond donors (Lipinski definition) is 0. The molecule has 28 heavy (non-hydrogen) atoms. The van der Waals surface area contributed by atoms with Crippen LogP contribution in [0, 0.1) is 17.1 Å². The number of rotatable bonds is 3. The van der Waals surface area contributed by atoms with Crippen molar-refractivity contribution in [2.75, 3.05) is 31.2 Å². The van der Waals surface area contributed by atoms with Crippen LogP contribution in [0.15, 0.2) is 53.5 Å². The predicted molar refractivity (Wildman–Crippen MR) is 106 cm³/mol. The number of hydrogen-bond acceptors (Lipinski definition) is 4. The maximum absolute atomic E-state index is 14.9. The molecule has 5 nitrogen and oxygen atoms in total. The Morgan fingerprint density at radius 3 is 2.57 bits per heavy atom. The number of nitriles is 1. The van der Waals surface area contributed by atoms with Gasteiger partial charge in [-0.15, -0.1) is 0 Å². The quantitative estimate of drug-likeness (QED) is 0.701. The van der Waals surface area contributed by atoms with E-state index in [2.05, 4.69) is 0 Å². The second-order valence-corrected chi connectivity index (χ2v) is 6.90. The average Bonchev–Trinajstić information content (AvgIpc) is 2.75. The lowest BCUT2D eigenvalue weighted by Gasteiger charge is -2.30. The van der Waals surface area contributed by atoms with Gasteiger partial charge in [-0.3, -0.25) is 4.79 Å². The number of pyridine rings is 1. The van der Waals surface area contributed by atoms with E-state index in [9.17, 15) is 14.4 Å². The molecular weight excluding hydrogens is 357 g/mol. The summed E-state index contributed by atoms with van der Waals surface area (Å²) in [6.45, 7) is 4.27. The molecule has 0 amide bonds. The fourth-order valence-corrected chi connectivity index (χ4v) is 3.70. The third-order valence-corrected chi connectivity index (χ3v) is 5.27. The van der Waals surface area contributed by atoms with Crippen LogP contribution in [0.2, 0.25) is 0 Å². The number of fused-ring (bicyclic) bond motifs is 1. The Morgan fingerprint density at radius 1 is 1.18 bits per heavy atom. The van der Waals surface area contributed by atoms with Crippen LogP contribution >= 0.6 is 0 Å². The highest BCUT2D eigenvalue weighted by Gasteiger charge is 2.20. The first-order valence-corrected chi connectivity index (χ1v) is 9.26. The number of benzene rings is 2. The highest BCUT2D eigenvalue weighted by molar-refractivity contribution is 5.84. The summed E-state index contributed by atoms with van der Waals surface area (Å²) in [5.41, 5.74) is 1.67. The first kappa shape index (κ1) is 18.2. The highest BCUT2D eigenvalue weighted by atomic mass is 19.1. The van der Waals surface area contributed by atoms with E-state index < -0.39 is 11.2 Å². The van der Waals surface area contributed by atoms with Gasteiger partial charge >= 0.3 is 0 Å². The lowest BCUT2D eigenvalue weighted by Crippen LogP contribution is -2.36. The van der Waals surface area contributed by atoms with Crippen molar-refractivity contribution < 1.29 is 9.13 Å². The maximum atomic E-state index is 14.9. The second kappa shape index (κ2) is 7.45. The predicted octanol–water partition coefficient (Wildman–Crippen LogP) is 3.46. The summed E-state index contributed by atoms with van der Waals surface area (Å²) >= 11 is 0. The lowest BCUT2D eigenvalue weighted by molar-refractivity contribution is 0.122. The minimum atomic E-state index is -0.458. The molecule has 1 atom stereocenters. The van der Waals surface area contributed by atoms with Gasteiger partial charge in [0, 0.05) is 19.3 Å². The van der Waals surface area contributed by atoms with Gasteiger partial charge in [-0.05, 0) is 24.6 Å². The smallest absolute Gasteiger partial charge is 0.207 e. The summed E-state index contributed by atoms with van der Waals surface area (Å²) in [5.74, 6) is -0.458. The van der Waals surface area contributed by atoms with Gasteiger partial charge in [-0.1, -0.05) is 30.3 Å². The summed E-state index contributed by atoms with van der Waals surface area (Å²) in [4.78, 5) is 14.6. The average molecular weight is 377 g/mol. The molecule has 2 heterocycles. The molecule has 1 aliphatic rings. The fourth-order valence-electron chi connectivity index (χ4n) is 3.70. The Labute approximate surface area is 162 Å². The maximum Gasteiger partial charge on any atom is 0.207 e. The molecule has 1 saturated heterocycles. The standard InChI is InChI=1S/C22H20FN3O2/c1-15(16-5-3-2-4-6-16)26-14-17(13-24)22(27)18-11-19(23)21(12-20(18)26)25-7-9-28-10-8-25/h2-6,11-12,14-15H,7-10H2,1H3/t15-/m0/s1. The molecule has 0 spiro atoms. The van der Waals surface area contributed by atoms with Gasteiger partial charge in [-0.2, -0.15) is 5.26 Å². The largest absolute Gasteiger partial charge is 0.378 e. The van der Waals surface area contributed by atoms with Crippen LogP contribution in [-0.2, 0) is 4.74 Å². The third kappa shape index (κ3) is 3.14. The highest BCUT2D eigenvalue weighted by Crippen LogP contribution is 2.29. The van der Waals surface area contributed by atoms with Gasteiger partial charge in [0.05, 0.1) is 35.8 Å². The van der Waals surface area contributed by atoms with E-state index in [1.165, 1.54) is 6.07 Å². The molecule has 1 fully saturated rings. The van der Waals surface area contributed by atoms with Crippen LogP contribution in [0.25, 0.3) is 10.9 Å². The normalized spacial score (nSPS) is 15.4. The Hall–Kier alpha value is -3.17. The number of nitrogens with zero attached hydrogens (tertiary/aromatic N) is 3. The van der Waals surface area contributed by atoms with Crippen LogP contribution in [0.1, 0.15) is 24.1 Å². The van der Waals surface area contributed by atoms with Crippen LogP contribution in [0.3, 0.4) is 0 Å². The van der Waals surface area contributed by atoms with E-state index in [1.807, 2.05) is 52.8 Å². The van der Waals surface area contributed by atoms with E-state index >= 15 is 0 Å². The summed E-state index contributed by atoms with van der Waals surface area (Å²) in [6.07, 6.45) is 1.57. The van der Waals surface area contributed by atoms with E-state index in [0.717, 1.165) is 5.56 Å². The van der Waals surface area contributed by atoms with Crippen molar-refractivity contribution in [1.82, 2.24) is 4.57 Å². The first-order chi connectivity index (χ1) is 13.6. The van der Waals surface area contributed by atoms with Crippen molar-refractivity contribution in [2.24, 2.45) is 0 Å². The summed E-state index contributed by atoms with van der Waals surface area (Å²) in [5, 5.41) is 9.62. The van der Waals surface area contributed by atoms with Gasteiger partial charge in [0.1, 0.15) is 17.4 Å². The minimum Gasteiger partial charge on any atom is -0.378 e. The van der Waals surface area contributed by atoms with E-state index in [4.69, 9.17) is 4.74 Å². The molecule has 6 heteroatoms. The van der Waals surface area contributed by atoms with Gasteiger partial charge in [0.15, 0.2) is 0 Å². The number of anilines is 1. The molecule has 142 valence electrons. The van der Waals surface area contributed by atoms with Crippen LogP contribution in [-0.4, -0.2) is 30.9 Å². The van der Waals surface area contributed by atoms with E-state index in [1.54, 1.807) is 12.3 Å². The molecule has 3 aromatic rings.